The standard InChI is InChI=1S/C27H28N4O3S/c1-19-3-7-21(8-4-19)23-17-35-26-25(23)27(33)31(18-28-26)16-24(32)29(2)15-20-5-9-22(10-6-20)30-11-13-34-14-12-30/h3-10,17-18H,11-16H2,1-2H3. The monoisotopic (exact) mass is 488 g/mol. The fraction of sp³-hybridized carbons (Fsp3) is 0.296. The zero-order valence-corrected chi connectivity index (χ0v) is 20.8. The van der Waals surface area contributed by atoms with Crippen LogP contribution in [0.5, 0.6) is 0 Å². The molecule has 35 heavy (non-hydrogen) atoms. The summed E-state index contributed by atoms with van der Waals surface area (Å²) in [7, 11) is 1.76. The number of benzene rings is 2. The topological polar surface area (TPSA) is 67.7 Å². The summed E-state index contributed by atoms with van der Waals surface area (Å²) in [6, 6.07) is 16.4. The van der Waals surface area contributed by atoms with Crippen LogP contribution in [0.2, 0.25) is 0 Å². The summed E-state index contributed by atoms with van der Waals surface area (Å²) in [5, 5.41) is 2.53. The minimum atomic E-state index is -0.191. The normalized spacial score (nSPS) is 13.8. The summed E-state index contributed by atoms with van der Waals surface area (Å²) in [6.07, 6.45) is 1.48. The molecule has 8 heteroatoms. The SMILES string of the molecule is Cc1ccc(-c2csc3ncn(CC(=O)N(C)Cc4ccc(N5CCOCC5)cc4)c(=O)c23)cc1. The Bertz CT molecular complexity index is 1390. The fourth-order valence-electron chi connectivity index (χ4n) is 4.29. The number of thiophene rings is 1. The number of hydrogen-bond acceptors (Lipinski definition) is 6. The fourth-order valence-corrected chi connectivity index (χ4v) is 5.19. The first-order valence-corrected chi connectivity index (χ1v) is 12.6. The molecule has 0 saturated carbocycles. The number of fused-ring (bicyclic) bond motifs is 1. The third-order valence-electron chi connectivity index (χ3n) is 6.39. The molecule has 4 aromatic rings. The van der Waals surface area contributed by atoms with E-state index in [0.29, 0.717) is 16.8 Å². The second kappa shape index (κ2) is 10.0. The smallest absolute Gasteiger partial charge is 0.263 e. The molecule has 1 aliphatic heterocycles. The van der Waals surface area contributed by atoms with Crippen molar-refractivity contribution in [2.45, 2.75) is 20.0 Å². The Labute approximate surface area is 208 Å². The number of likely N-dealkylation sites (N-methyl/N-ethyl adjacent to an activating group) is 1. The van der Waals surface area contributed by atoms with Gasteiger partial charge in [-0.3, -0.25) is 14.2 Å². The molecule has 180 valence electrons. The molecule has 0 bridgehead atoms. The van der Waals surface area contributed by atoms with Crippen LogP contribution in [0, 0.1) is 6.92 Å². The molecule has 1 amide bonds. The Hall–Kier alpha value is -3.49. The van der Waals surface area contributed by atoms with Gasteiger partial charge in [0, 0.05) is 43.3 Å². The molecule has 1 fully saturated rings. The summed E-state index contributed by atoms with van der Waals surface area (Å²) in [4.78, 5) is 35.4. The van der Waals surface area contributed by atoms with E-state index in [2.05, 4.69) is 22.0 Å². The van der Waals surface area contributed by atoms with E-state index in [1.165, 1.54) is 22.2 Å². The van der Waals surface area contributed by atoms with Gasteiger partial charge in [-0.2, -0.15) is 0 Å². The van der Waals surface area contributed by atoms with Crippen LogP contribution in [0.3, 0.4) is 0 Å². The third-order valence-corrected chi connectivity index (χ3v) is 7.27. The second-order valence-electron chi connectivity index (χ2n) is 8.89. The van der Waals surface area contributed by atoms with Crippen LogP contribution in [0.1, 0.15) is 11.1 Å². The molecule has 0 spiro atoms. The van der Waals surface area contributed by atoms with Crippen molar-refractivity contribution >= 4 is 33.1 Å². The van der Waals surface area contributed by atoms with E-state index in [9.17, 15) is 9.59 Å². The predicted molar refractivity (Wildman–Crippen MR) is 140 cm³/mol. The number of ether oxygens (including phenoxy) is 1. The van der Waals surface area contributed by atoms with Crippen LogP contribution in [0.15, 0.2) is 65.0 Å². The highest BCUT2D eigenvalue weighted by Gasteiger charge is 2.17. The van der Waals surface area contributed by atoms with Crippen LogP contribution >= 0.6 is 11.3 Å². The van der Waals surface area contributed by atoms with Crippen LogP contribution in [0.4, 0.5) is 5.69 Å². The number of hydrogen-bond donors (Lipinski definition) is 0. The highest BCUT2D eigenvalue weighted by atomic mass is 32.1. The largest absolute Gasteiger partial charge is 0.378 e. The van der Waals surface area contributed by atoms with Crippen LogP contribution in [-0.4, -0.2) is 53.7 Å². The lowest BCUT2D eigenvalue weighted by Gasteiger charge is -2.29. The van der Waals surface area contributed by atoms with E-state index in [0.717, 1.165) is 54.2 Å². The Morgan fingerprint density at radius 3 is 2.51 bits per heavy atom. The number of rotatable bonds is 6. The van der Waals surface area contributed by atoms with E-state index < -0.39 is 0 Å². The number of amides is 1. The summed E-state index contributed by atoms with van der Waals surface area (Å²) in [5.74, 6) is -0.141. The average molecular weight is 489 g/mol. The number of aryl methyl sites for hydroxylation is 1. The molecule has 0 unspecified atom stereocenters. The van der Waals surface area contributed by atoms with Crippen molar-refractivity contribution in [2.24, 2.45) is 0 Å². The van der Waals surface area contributed by atoms with Crippen LogP contribution in [0.25, 0.3) is 21.3 Å². The number of carbonyl (C=O) groups excluding carboxylic acids is 1. The first-order valence-electron chi connectivity index (χ1n) is 11.7. The molecular weight excluding hydrogens is 460 g/mol. The Morgan fingerprint density at radius 1 is 1.09 bits per heavy atom. The summed E-state index contributed by atoms with van der Waals surface area (Å²) >= 11 is 1.44. The number of nitrogens with zero attached hydrogens (tertiary/aromatic N) is 4. The van der Waals surface area contributed by atoms with Crippen molar-refractivity contribution in [1.82, 2.24) is 14.5 Å². The van der Waals surface area contributed by atoms with E-state index in [1.807, 2.05) is 48.7 Å². The van der Waals surface area contributed by atoms with Gasteiger partial charge in [0.25, 0.3) is 5.56 Å². The molecule has 2 aromatic carbocycles. The van der Waals surface area contributed by atoms with Gasteiger partial charge in [0.1, 0.15) is 11.4 Å². The van der Waals surface area contributed by atoms with E-state index in [4.69, 9.17) is 4.74 Å². The first-order chi connectivity index (χ1) is 17.0. The van der Waals surface area contributed by atoms with Gasteiger partial charge >= 0.3 is 0 Å². The second-order valence-corrected chi connectivity index (χ2v) is 9.75. The Kier molecular flexibility index (Phi) is 6.66. The lowest BCUT2D eigenvalue weighted by Crippen LogP contribution is -2.36. The van der Waals surface area contributed by atoms with Crippen molar-refractivity contribution in [3.63, 3.8) is 0 Å². The van der Waals surface area contributed by atoms with Gasteiger partial charge < -0.3 is 14.5 Å². The first kappa shape index (κ1) is 23.3. The van der Waals surface area contributed by atoms with Crippen molar-refractivity contribution in [3.05, 3.63) is 81.7 Å². The predicted octanol–water partition coefficient (Wildman–Crippen LogP) is 3.93. The molecular formula is C27H28N4O3S. The number of aromatic nitrogens is 2. The van der Waals surface area contributed by atoms with Crippen molar-refractivity contribution in [3.8, 4) is 11.1 Å². The average Bonchev–Trinajstić information content (AvgIpc) is 3.32. The molecule has 7 nitrogen and oxygen atoms in total. The quantitative estimate of drug-likeness (QED) is 0.411. The van der Waals surface area contributed by atoms with Crippen molar-refractivity contribution in [2.75, 3.05) is 38.3 Å². The molecule has 5 rings (SSSR count). The minimum absolute atomic E-state index is 0.0483. The Morgan fingerprint density at radius 2 is 1.80 bits per heavy atom. The summed E-state index contributed by atoms with van der Waals surface area (Å²) < 4.78 is 6.83. The highest BCUT2D eigenvalue weighted by Crippen LogP contribution is 2.30. The van der Waals surface area contributed by atoms with E-state index in [-0.39, 0.29) is 18.0 Å². The molecule has 0 aliphatic carbocycles. The van der Waals surface area contributed by atoms with Gasteiger partial charge in [0.15, 0.2) is 0 Å². The molecule has 1 saturated heterocycles. The lowest BCUT2D eigenvalue weighted by molar-refractivity contribution is -0.131. The lowest BCUT2D eigenvalue weighted by atomic mass is 10.1. The van der Waals surface area contributed by atoms with E-state index >= 15 is 0 Å². The third kappa shape index (κ3) is 4.99. The maximum Gasteiger partial charge on any atom is 0.263 e. The summed E-state index contributed by atoms with van der Waals surface area (Å²) in [6.45, 7) is 5.73. The van der Waals surface area contributed by atoms with Gasteiger partial charge in [0.05, 0.1) is 24.9 Å². The summed E-state index contributed by atoms with van der Waals surface area (Å²) in [5.41, 5.74) is 5.01. The van der Waals surface area contributed by atoms with Crippen LogP contribution < -0.4 is 10.5 Å². The number of carbonyl (C=O) groups is 1. The minimum Gasteiger partial charge on any atom is -0.378 e. The molecule has 0 N–H and O–H groups in total. The van der Waals surface area contributed by atoms with Gasteiger partial charge in [-0.1, -0.05) is 42.0 Å². The van der Waals surface area contributed by atoms with Gasteiger partial charge in [-0.05, 0) is 30.2 Å². The Balaban J connectivity index is 1.30. The van der Waals surface area contributed by atoms with Gasteiger partial charge in [-0.15, -0.1) is 11.3 Å². The van der Waals surface area contributed by atoms with Crippen molar-refractivity contribution < 1.29 is 9.53 Å². The van der Waals surface area contributed by atoms with Crippen molar-refractivity contribution in [1.29, 1.82) is 0 Å². The molecule has 1 aliphatic rings. The van der Waals surface area contributed by atoms with E-state index in [1.54, 1.807) is 11.9 Å². The van der Waals surface area contributed by atoms with Gasteiger partial charge in [0.2, 0.25) is 5.91 Å². The molecule has 0 atom stereocenters. The molecule has 3 heterocycles. The number of anilines is 1. The molecule has 2 aromatic heterocycles. The highest BCUT2D eigenvalue weighted by molar-refractivity contribution is 7.17. The zero-order valence-electron chi connectivity index (χ0n) is 19.9. The number of morpholine rings is 1. The maximum absolute atomic E-state index is 13.3. The van der Waals surface area contributed by atoms with Gasteiger partial charge in [-0.25, -0.2) is 4.98 Å². The zero-order chi connectivity index (χ0) is 24.4. The van der Waals surface area contributed by atoms with Crippen LogP contribution in [-0.2, 0) is 22.6 Å². The molecule has 0 radical (unpaired) electrons. The maximum atomic E-state index is 13.3.